The monoisotopic (exact) mass is 811 g/mol. The largest absolute Gasteiger partial charge is 0.478 e. The summed E-state index contributed by atoms with van der Waals surface area (Å²) in [5.74, 6) is -7.05. The molecule has 1 heterocycles. The Morgan fingerprint density at radius 2 is 1.63 bits per heavy atom. The van der Waals surface area contributed by atoms with Gasteiger partial charge < -0.3 is 35.4 Å². The lowest BCUT2D eigenvalue weighted by atomic mass is 9.83. The molecule has 0 aromatic heterocycles. The van der Waals surface area contributed by atoms with Crippen molar-refractivity contribution in [1.29, 1.82) is 0 Å². The predicted octanol–water partition coefficient (Wildman–Crippen LogP) is 4.29. The van der Waals surface area contributed by atoms with Gasteiger partial charge in [-0.2, -0.15) is 0 Å². The van der Waals surface area contributed by atoms with Crippen LogP contribution >= 0.6 is 11.6 Å². The van der Waals surface area contributed by atoms with Gasteiger partial charge in [-0.25, -0.2) is 19.3 Å². The number of halogens is 1. The molecule has 16 nitrogen and oxygen atoms in total. The molecule has 0 bridgehead atoms. The standard InChI is InChI=1S/C40H50ClN5O11/c1-5-13-28(32(48)35(50)42-21-30(47)56-33(37(52)53)26-17-10-7-11-18-26)43-34(49)29-23-45(22-24-14-12-19-27(41)20-24)39(55)46(29)36(51)31(25-15-8-6-9-16-25)44-38(54)57-40(2,3)4/h7,10-12,14,17-20,25,28-29,31,33H,5-6,8-9,13,15-16,21-23H2,1-4H3,(H,42,50)(H,43,49)(H,44,54)(H,52,53)/t28?,29?,31?,33-/m0/s1. The number of aliphatic carboxylic acids is 1. The lowest BCUT2D eigenvalue weighted by molar-refractivity contribution is -0.164. The van der Waals surface area contributed by atoms with Crippen molar-refractivity contribution in [3.63, 3.8) is 0 Å². The molecule has 1 saturated heterocycles. The van der Waals surface area contributed by atoms with E-state index < -0.39 is 83.9 Å². The number of hydrogen-bond acceptors (Lipinski definition) is 10. The Balaban J connectivity index is 1.55. The summed E-state index contributed by atoms with van der Waals surface area (Å²) in [5, 5.41) is 17.3. The molecule has 4 rings (SSSR count). The van der Waals surface area contributed by atoms with Gasteiger partial charge in [0.15, 0.2) is 0 Å². The lowest BCUT2D eigenvalue weighted by Crippen LogP contribution is -2.59. The molecule has 3 unspecified atom stereocenters. The number of Topliss-reactive ketones (excluding diaryl/α,β-unsaturated/α-hetero) is 1. The number of hydrogen-bond donors (Lipinski definition) is 4. The van der Waals surface area contributed by atoms with Gasteiger partial charge in [-0.15, -0.1) is 0 Å². The second kappa shape index (κ2) is 20.1. The highest BCUT2D eigenvalue weighted by Gasteiger charge is 2.49. The van der Waals surface area contributed by atoms with Gasteiger partial charge in [0.05, 0.1) is 12.6 Å². The van der Waals surface area contributed by atoms with Crippen LogP contribution in [-0.2, 0) is 44.8 Å². The van der Waals surface area contributed by atoms with Crippen molar-refractivity contribution in [3.8, 4) is 0 Å². The normalized spacial score (nSPS) is 17.5. The van der Waals surface area contributed by atoms with E-state index in [9.17, 15) is 43.5 Å². The molecule has 2 fully saturated rings. The fourth-order valence-electron chi connectivity index (χ4n) is 6.81. The van der Waals surface area contributed by atoms with Crippen LogP contribution in [0.25, 0.3) is 0 Å². The van der Waals surface area contributed by atoms with Crippen LogP contribution in [0, 0.1) is 5.92 Å². The number of amides is 6. The third-order valence-corrected chi connectivity index (χ3v) is 9.68. The quantitative estimate of drug-likeness (QED) is 0.139. The molecular formula is C40H50ClN5O11. The van der Waals surface area contributed by atoms with E-state index in [0.717, 1.165) is 24.2 Å². The average molecular weight is 812 g/mol. The van der Waals surface area contributed by atoms with Crippen molar-refractivity contribution in [3.05, 3.63) is 70.7 Å². The highest BCUT2D eigenvalue weighted by atomic mass is 35.5. The van der Waals surface area contributed by atoms with E-state index in [1.807, 2.05) is 0 Å². The second-order valence-electron chi connectivity index (χ2n) is 15.1. The molecule has 1 aliphatic heterocycles. The number of imide groups is 1. The van der Waals surface area contributed by atoms with Crippen molar-refractivity contribution in [2.75, 3.05) is 13.1 Å². The van der Waals surface area contributed by atoms with Crippen molar-refractivity contribution in [2.24, 2.45) is 5.92 Å². The van der Waals surface area contributed by atoms with Crippen molar-refractivity contribution >= 4 is 59.2 Å². The van der Waals surface area contributed by atoms with E-state index in [4.69, 9.17) is 21.1 Å². The fraction of sp³-hybridized carbons (Fsp3) is 0.500. The molecule has 2 aromatic rings. The Hall–Kier alpha value is -5.51. The van der Waals surface area contributed by atoms with Gasteiger partial charge in [0.2, 0.25) is 17.8 Å². The summed E-state index contributed by atoms with van der Waals surface area (Å²) in [6.45, 7) is 5.55. The van der Waals surface area contributed by atoms with Crippen LogP contribution in [0.1, 0.15) is 89.9 Å². The van der Waals surface area contributed by atoms with Crippen molar-refractivity contribution in [1.82, 2.24) is 25.8 Å². The first-order valence-corrected chi connectivity index (χ1v) is 19.3. The van der Waals surface area contributed by atoms with Gasteiger partial charge in [0, 0.05) is 17.1 Å². The summed E-state index contributed by atoms with van der Waals surface area (Å²) < 4.78 is 10.5. The van der Waals surface area contributed by atoms with Gasteiger partial charge >= 0.3 is 24.1 Å². The summed E-state index contributed by atoms with van der Waals surface area (Å²) in [6.07, 6.45) is 1.44. The zero-order chi connectivity index (χ0) is 41.9. The molecule has 308 valence electrons. The Labute approximate surface area is 335 Å². The van der Waals surface area contributed by atoms with Crippen LogP contribution in [0.3, 0.4) is 0 Å². The van der Waals surface area contributed by atoms with Gasteiger partial charge in [0.25, 0.3) is 11.8 Å². The lowest BCUT2D eigenvalue weighted by Gasteiger charge is -2.34. The molecule has 57 heavy (non-hydrogen) atoms. The molecule has 1 aliphatic carbocycles. The van der Waals surface area contributed by atoms with E-state index >= 15 is 0 Å². The second-order valence-corrected chi connectivity index (χ2v) is 15.5. The molecular weight excluding hydrogens is 762 g/mol. The van der Waals surface area contributed by atoms with Crippen LogP contribution in [0.5, 0.6) is 0 Å². The smallest absolute Gasteiger partial charge is 0.408 e. The zero-order valence-corrected chi connectivity index (χ0v) is 33.2. The number of carbonyl (C=O) groups excluding carboxylic acids is 7. The zero-order valence-electron chi connectivity index (χ0n) is 32.5. The highest BCUT2D eigenvalue weighted by Crippen LogP contribution is 2.30. The van der Waals surface area contributed by atoms with E-state index in [1.165, 1.54) is 17.0 Å². The number of urea groups is 1. The Kier molecular flexibility index (Phi) is 15.6. The van der Waals surface area contributed by atoms with E-state index in [-0.39, 0.29) is 31.0 Å². The number of nitrogens with one attached hydrogen (secondary N) is 3. The molecule has 0 radical (unpaired) electrons. The fourth-order valence-corrected chi connectivity index (χ4v) is 7.02. The van der Waals surface area contributed by atoms with Gasteiger partial charge in [0.1, 0.15) is 24.2 Å². The molecule has 4 atom stereocenters. The van der Waals surface area contributed by atoms with Crippen LogP contribution in [0.4, 0.5) is 9.59 Å². The predicted molar refractivity (Wildman–Crippen MR) is 205 cm³/mol. The summed E-state index contributed by atoms with van der Waals surface area (Å²) in [6, 6.07) is 9.43. The molecule has 2 aromatic carbocycles. The topological polar surface area (TPSA) is 218 Å². The number of carboxylic acid groups (broad SMARTS) is 1. The van der Waals surface area contributed by atoms with Crippen LogP contribution in [-0.4, -0.2) is 99.3 Å². The first-order chi connectivity index (χ1) is 27.0. The minimum atomic E-state index is -1.66. The number of ketones is 1. The van der Waals surface area contributed by atoms with E-state index in [1.54, 1.807) is 70.2 Å². The number of nitrogens with zero attached hydrogens (tertiary/aromatic N) is 2. The number of rotatable bonds is 16. The molecule has 2 aliphatic rings. The Bertz CT molecular complexity index is 1810. The molecule has 4 N–H and O–H groups in total. The summed E-state index contributed by atoms with van der Waals surface area (Å²) in [4.78, 5) is 109. The Morgan fingerprint density at radius 1 is 0.947 bits per heavy atom. The number of esters is 1. The highest BCUT2D eigenvalue weighted by molar-refractivity contribution is 6.38. The molecule has 1 saturated carbocycles. The van der Waals surface area contributed by atoms with Crippen molar-refractivity contribution in [2.45, 2.75) is 109 Å². The number of carbonyl (C=O) groups is 8. The summed E-state index contributed by atoms with van der Waals surface area (Å²) >= 11 is 6.19. The first kappa shape index (κ1) is 44.2. The van der Waals surface area contributed by atoms with Gasteiger partial charge in [-0.1, -0.05) is 86.7 Å². The summed E-state index contributed by atoms with van der Waals surface area (Å²) in [5.41, 5.74) is -0.0886. The van der Waals surface area contributed by atoms with Gasteiger partial charge in [-0.05, 0) is 63.6 Å². The van der Waals surface area contributed by atoms with E-state index in [0.29, 0.717) is 29.8 Å². The number of ether oxygens (including phenoxy) is 2. The minimum absolute atomic E-state index is 0.0244. The summed E-state index contributed by atoms with van der Waals surface area (Å²) in [7, 11) is 0. The SMILES string of the molecule is CCCC(NC(=O)C1CN(Cc2cccc(Cl)c2)C(=O)N1C(=O)C(NC(=O)OC(C)(C)C)C1CCCCC1)C(=O)C(=O)NCC(=O)O[C@H](C(=O)O)c1ccccc1. The maximum atomic E-state index is 14.5. The van der Waals surface area contributed by atoms with E-state index in [2.05, 4.69) is 16.0 Å². The number of carboxylic acids is 1. The van der Waals surface area contributed by atoms with Crippen molar-refractivity contribution < 1.29 is 52.9 Å². The first-order valence-electron chi connectivity index (χ1n) is 18.9. The maximum absolute atomic E-state index is 14.5. The third kappa shape index (κ3) is 12.5. The average Bonchev–Trinajstić information content (AvgIpc) is 3.49. The molecule has 17 heteroatoms. The molecule has 6 amide bonds. The third-order valence-electron chi connectivity index (χ3n) is 9.45. The Morgan fingerprint density at radius 3 is 2.25 bits per heavy atom. The van der Waals surface area contributed by atoms with Crippen LogP contribution in [0.2, 0.25) is 5.02 Å². The maximum Gasteiger partial charge on any atom is 0.408 e. The van der Waals surface area contributed by atoms with Crippen LogP contribution < -0.4 is 16.0 Å². The molecule has 0 spiro atoms. The number of benzene rings is 2. The van der Waals surface area contributed by atoms with Crippen LogP contribution in [0.15, 0.2) is 54.6 Å². The minimum Gasteiger partial charge on any atom is -0.478 e. The number of alkyl carbamates (subject to hydrolysis) is 1. The van der Waals surface area contributed by atoms with Gasteiger partial charge in [-0.3, -0.25) is 24.0 Å².